The zero-order chi connectivity index (χ0) is 18.5. The average Bonchev–Trinajstić information content (AvgIpc) is 2.68. The summed E-state index contributed by atoms with van der Waals surface area (Å²) in [4.78, 5) is 26.7. The molecule has 0 aliphatic carbocycles. The van der Waals surface area contributed by atoms with Gasteiger partial charge in [0.25, 0.3) is 0 Å². The molecule has 0 atom stereocenters. The van der Waals surface area contributed by atoms with Gasteiger partial charge in [0.2, 0.25) is 0 Å². The number of para-hydroxylation sites is 2. The van der Waals surface area contributed by atoms with Crippen molar-refractivity contribution in [3.8, 4) is 11.5 Å². The van der Waals surface area contributed by atoms with Crippen LogP contribution >= 0.6 is 0 Å². The Bertz CT molecular complexity index is 781. The summed E-state index contributed by atoms with van der Waals surface area (Å²) < 4.78 is 5.24. The number of nitrogens with zero attached hydrogens (tertiary/aromatic N) is 1. The Balaban J connectivity index is 1.57. The highest BCUT2D eigenvalue weighted by molar-refractivity contribution is 5.98. The molecule has 0 bridgehead atoms. The van der Waals surface area contributed by atoms with E-state index in [1.807, 2.05) is 12.1 Å². The first-order valence-electron chi connectivity index (χ1n) is 8.60. The number of piperidine rings is 1. The molecule has 2 aromatic rings. The summed E-state index contributed by atoms with van der Waals surface area (Å²) in [6.07, 6.45) is 1.25. The molecule has 0 saturated carbocycles. The van der Waals surface area contributed by atoms with Gasteiger partial charge in [-0.3, -0.25) is 4.79 Å². The number of carbonyl (C=O) groups is 2. The largest absolute Gasteiger partial charge is 0.508 e. The molecule has 1 fully saturated rings. The zero-order valence-electron chi connectivity index (χ0n) is 14.6. The van der Waals surface area contributed by atoms with Gasteiger partial charge >= 0.3 is 6.03 Å². The number of hydrogen-bond acceptors (Lipinski definition) is 4. The molecule has 136 valence electrons. The summed E-state index contributed by atoms with van der Waals surface area (Å²) in [6, 6.07) is 13.4. The number of rotatable bonds is 4. The van der Waals surface area contributed by atoms with Crippen LogP contribution in [-0.2, 0) is 0 Å². The Labute approximate surface area is 152 Å². The lowest BCUT2D eigenvalue weighted by atomic mass is 9.89. The maximum absolute atomic E-state index is 12.5. The molecule has 0 aromatic heterocycles. The van der Waals surface area contributed by atoms with Crippen molar-refractivity contribution in [2.45, 2.75) is 12.8 Å². The molecule has 1 heterocycles. The fourth-order valence-electron chi connectivity index (χ4n) is 3.15. The Morgan fingerprint density at radius 2 is 1.73 bits per heavy atom. The van der Waals surface area contributed by atoms with E-state index in [1.54, 1.807) is 36.3 Å². The van der Waals surface area contributed by atoms with Gasteiger partial charge in [0, 0.05) is 24.6 Å². The van der Waals surface area contributed by atoms with Crippen LogP contribution in [0.3, 0.4) is 0 Å². The van der Waals surface area contributed by atoms with Gasteiger partial charge in [0.15, 0.2) is 5.78 Å². The quantitative estimate of drug-likeness (QED) is 0.824. The van der Waals surface area contributed by atoms with Crippen molar-refractivity contribution >= 4 is 17.5 Å². The standard InChI is InChI=1S/C20H22N2O4/c1-26-18-5-3-2-4-17(18)21-20(25)22-12-10-15(11-13-22)19(24)14-6-8-16(23)9-7-14/h2-9,15,23H,10-13H2,1H3,(H,21,25). The number of aromatic hydroxyl groups is 1. The number of Topliss-reactive ketones (excluding diaryl/α,β-unsaturated/α-hetero) is 1. The van der Waals surface area contributed by atoms with Gasteiger partial charge in [-0.15, -0.1) is 0 Å². The number of benzene rings is 2. The highest BCUT2D eigenvalue weighted by Crippen LogP contribution is 2.26. The fourth-order valence-corrected chi connectivity index (χ4v) is 3.15. The van der Waals surface area contributed by atoms with Crippen molar-refractivity contribution in [3.05, 3.63) is 54.1 Å². The molecule has 0 spiro atoms. The Hall–Kier alpha value is -3.02. The SMILES string of the molecule is COc1ccccc1NC(=O)N1CCC(C(=O)c2ccc(O)cc2)CC1. The second-order valence-corrected chi connectivity index (χ2v) is 6.30. The molecular formula is C20H22N2O4. The number of amides is 2. The number of carbonyl (C=O) groups excluding carboxylic acids is 2. The zero-order valence-corrected chi connectivity index (χ0v) is 14.6. The van der Waals surface area contributed by atoms with Crippen molar-refractivity contribution in [2.24, 2.45) is 5.92 Å². The summed E-state index contributed by atoms with van der Waals surface area (Å²) in [5, 5.41) is 12.2. The number of ether oxygens (including phenoxy) is 1. The van der Waals surface area contributed by atoms with Crippen molar-refractivity contribution < 1.29 is 19.4 Å². The van der Waals surface area contributed by atoms with Crippen LogP contribution in [-0.4, -0.2) is 42.0 Å². The van der Waals surface area contributed by atoms with Crippen LogP contribution in [0.1, 0.15) is 23.2 Å². The lowest BCUT2D eigenvalue weighted by Crippen LogP contribution is -2.42. The Morgan fingerprint density at radius 1 is 1.08 bits per heavy atom. The molecule has 26 heavy (non-hydrogen) atoms. The number of anilines is 1. The summed E-state index contributed by atoms with van der Waals surface area (Å²) >= 11 is 0. The van der Waals surface area contributed by atoms with Crippen molar-refractivity contribution in [3.63, 3.8) is 0 Å². The summed E-state index contributed by atoms with van der Waals surface area (Å²) in [6.45, 7) is 1.05. The van der Waals surface area contributed by atoms with Crippen LogP contribution in [0.4, 0.5) is 10.5 Å². The van der Waals surface area contributed by atoms with Crippen LogP contribution in [0.15, 0.2) is 48.5 Å². The number of phenolic OH excluding ortho intramolecular Hbond substituents is 1. The van der Waals surface area contributed by atoms with E-state index >= 15 is 0 Å². The van der Waals surface area contributed by atoms with E-state index in [1.165, 1.54) is 12.1 Å². The van der Waals surface area contributed by atoms with Crippen molar-refractivity contribution in [1.29, 1.82) is 0 Å². The highest BCUT2D eigenvalue weighted by Gasteiger charge is 2.28. The third-order valence-electron chi connectivity index (χ3n) is 4.65. The topological polar surface area (TPSA) is 78.9 Å². The molecule has 1 saturated heterocycles. The van der Waals surface area contributed by atoms with Gasteiger partial charge in [-0.2, -0.15) is 0 Å². The van der Waals surface area contributed by atoms with E-state index in [2.05, 4.69) is 5.32 Å². The van der Waals surface area contributed by atoms with E-state index in [0.29, 0.717) is 42.9 Å². The molecule has 6 nitrogen and oxygen atoms in total. The molecule has 1 aliphatic heterocycles. The predicted octanol–water partition coefficient (Wildman–Crippen LogP) is 3.53. The number of urea groups is 1. The van der Waals surface area contributed by atoms with Crippen LogP contribution in [0, 0.1) is 5.92 Å². The first-order valence-corrected chi connectivity index (χ1v) is 8.60. The summed E-state index contributed by atoms with van der Waals surface area (Å²) in [5.41, 5.74) is 1.22. The molecule has 2 aromatic carbocycles. The molecule has 2 N–H and O–H groups in total. The highest BCUT2D eigenvalue weighted by atomic mass is 16.5. The maximum Gasteiger partial charge on any atom is 0.321 e. The molecule has 0 radical (unpaired) electrons. The van der Waals surface area contributed by atoms with Crippen molar-refractivity contribution in [2.75, 3.05) is 25.5 Å². The number of methoxy groups -OCH3 is 1. The molecular weight excluding hydrogens is 332 g/mol. The Morgan fingerprint density at radius 3 is 2.38 bits per heavy atom. The lowest BCUT2D eigenvalue weighted by Gasteiger charge is -2.31. The minimum atomic E-state index is -0.190. The van der Waals surface area contributed by atoms with E-state index in [0.717, 1.165) is 0 Å². The molecule has 0 unspecified atom stereocenters. The van der Waals surface area contributed by atoms with Crippen LogP contribution in [0.5, 0.6) is 11.5 Å². The van der Waals surface area contributed by atoms with Crippen LogP contribution in [0.2, 0.25) is 0 Å². The third-order valence-corrected chi connectivity index (χ3v) is 4.65. The van der Waals surface area contributed by atoms with E-state index in [9.17, 15) is 14.7 Å². The summed E-state index contributed by atoms with van der Waals surface area (Å²) in [5.74, 6) is 0.715. The van der Waals surface area contributed by atoms with Crippen molar-refractivity contribution in [1.82, 2.24) is 4.90 Å². The van der Waals surface area contributed by atoms with Gasteiger partial charge in [0.1, 0.15) is 11.5 Å². The fraction of sp³-hybridized carbons (Fsp3) is 0.300. The van der Waals surface area contributed by atoms with Gasteiger partial charge in [-0.1, -0.05) is 12.1 Å². The number of nitrogens with one attached hydrogen (secondary N) is 1. The molecule has 6 heteroatoms. The number of ketones is 1. The second kappa shape index (κ2) is 7.91. The molecule has 3 rings (SSSR count). The first-order chi connectivity index (χ1) is 12.6. The second-order valence-electron chi connectivity index (χ2n) is 6.30. The van der Waals surface area contributed by atoms with Gasteiger partial charge in [0.05, 0.1) is 12.8 Å². The number of phenols is 1. The molecule has 2 amide bonds. The normalized spacial score (nSPS) is 14.7. The van der Waals surface area contributed by atoms with Gasteiger partial charge in [-0.05, 0) is 49.2 Å². The van der Waals surface area contributed by atoms with E-state index < -0.39 is 0 Å². The van der Waals surface area contributed by atoms with Crippen LogP contribution in [0.25, 0.3) is 0 Å². The predicted molar refractivity (Wildman–Crippen MR) is 98.7 cm³/mol. The molecule has 1 aliphatic rings. The van der Waals surface area contributed by atoms with Gasteiger partial charge in [-0.25, -0.2) is 4.79 Å². The smallest absolute Gasteiger partial charge is 0.321 e. The average molecular weight is 354 g/mol. The third kappa shape index (κ3) is 3.96. The van der Waals surface area contributed by atoms with Crippen LogP contribution < -0.4 is 10.1 Å². The van der Waals surface area contributed by atoms with E-state index in [-0.39, 0.29) is 23.5 Å². The van der Waals surface area contributed by atoms with E-state index in [4.69, 9.17) is 4.74 Å². The van der Waals surface area contributed by atoms with Gasteiger partial charge < -0.3 is 20.1 Å². The summed E-state index contributed by atoms with van der Waals surface area (Å²) in [7, 11) is 1.56. The first kappa shape index (κ1) is 17.8. The minimum absolute atomic E-state index is 0.0646. The number of likely N-dealkylation sites (tertiary alicyclic amines) is 1. The lowest BCUT2D eigenvalue weighted by molar-refractivity contribution is 0.0859. The Kier molecular flexibility index (Phi) is 5.41. The monoisotopic (exact) mass is 354 g/mol. The number of hydrogen-bond donors (Lipinski definition) is 2. The maximum atomic E-state index is 12.5. The minimum Gasteiger partial charge on any atom is -0.508 e.